The smallest absolute Gasteiger partial charge is 0.264 e. The van der Waals surface area contributed by atoms with Crippen molar-refractivity contribution in [2.45, 2.75) is 12.5 Å². The summed E-state index contributed by atoms with van der Waals surface area (Å²) in [6.45, 7) is 0. The highest BCUT2D eigenvalue weighted by molar-refractivity contribution is 6.23. The van der Waals surface area contributed by atoms with Crippen LogP contribution in [0.3, 0.4) is 0 Å². The fourth-order valence-corrected chi connectivity index (χ4v) is 3.22. The third-order valence-corrected chi connectivity index (χ3v) is 4.48. The van der Waals surface area contributed by atoms with Gasteiger partial charge in [-0.1, -0.05) is 12.1 Å². The van der Waals surface area contributed by atoms with Gasteiger partial charge < -0.3 is 20.9 Å². The van der Waals surface area contributed by atoms with Crippen LogP contribution in [0.4, 0.5) is 5.69 Å². The van der Waals surface area contributed by atoms with Gasteiger partial charge in [0.2, 0.25) is 5.91 Å². The molecule has 3 amide bonds. The van der Waals surface area contributed by atoms with E-state index in [1.165, 1.54) is 20.3 Å². The highest BCUT2D eigenvalue weighted by Crippen LogP contribution is 2.38. The Bertz CT molecular complexity index is 941. The summed E-state index contributed by atoms with van der Waals surface area (Å²) in [5.74, 6) is -0.858. The monoisotopic (exact) mass is 369 g/mol. The molecule has 1 atom stereocenters. The van der Waals surface area contributed by atoms with Crippen LogP contribution >= 0.6 is 0 Å². The summed E-state index contributed by atoms with van der Waals surface area (Å²) in [7, 11) is 2.96. The summed E-state index contributed by atoms with van der Waals surface area (Å²) in [5.41, 5.74) is 12.3. The summed E-state index contributed by atoms with van der Waals surface area (Å²) in [6.07, 6.45) is -0.235. The van der Waals surface area contributed by atoms with Crippen molar-refractivity contribution in [1.82, 2.24) is 4.90 Å². The zero-order valence-corrected chi connectivity index (χ0v) is 14.9. The van der Waals surface area contributed by atoms with E-state index in [4.69, 9.17) is 20.9 Å². The Balaban J connectivity index is 2.10. The molecule has 2 aromatic carbocycles. The molecular formula is C19H19N3O5. The molecule has 1 unspecified atom stereocenters. The SMILES string of the molecule is COc1ccc(C(CC(N)=O)N2C(=O)c3cccc(N)c3C2=O)cc1OC. The van der Waals surface area contributed by atoms with Gasteiger partial charge in [-0.05, 0) is 29.8 Å². The van der Waals surface area contributed by atoms with E-state index >= 15 is 0 Å². The van der Waals surface area contributed by atoms with Crippen LogP contribution in [0.2, 0.25) is 0 Å². The Morgan fingerprint density at radius 2 is 1.78 bits per heavy atom. The van der Waals surface area contributed by atoms with Crippen molar-refractivity contribution >= 4 is 23.4 Å². The van der Waals surface area contributed by atoms with Gasteiger partial charge in [0.05, 0.1) is 37.8 Å². The van der Waals surface area contributed by atoms with Crippen LogP contribution in [0.1, 0.15) is 38.7 Å². The topological polar surface area (TPSA) is 125 Å². The molecule has 0 aromatic heterocycles. The van der Waals surface area contributed by atoms with E-state index in [9.17, 15) is 14.4 Å². The Morgan fingerprint density at radius 1 is 1.07 bits per heavy atom. The second kappa shape index (κ2) is 6.99. The van der Waals surface area contributed by atoms with Crippen LogP contribution in [0.5, 0.6) is 11.5 Å². The fourth-order valence-electron chi connectivity index (χ4n) is 3.22. The molecule has 140 valence electrons. The molecule has 1 heterocycles. The highest BCUT2D eigenvalue weighted by Gasteiger charge is 2.42. The molecule has 4 N–H and O–H groups in total. The van der Waals surface area contributed by atoms with Crippen molar-refractivity contribution in [2.24, 2.45) is 5.73 Å². The number of carbonyl (C=O) groups is 3. The number of nitrogen functional groups attached to an aromatic ring is 1. The van der Waals surface area contributed by atoms with E-state index in [2.05, 4.69) is 0 Å². The highest BCUT2D eigenvalue weighted by atomic mass is 16.5. The van der Waals surface area contributed by atoms with Crippen molar-refractivity contribution in [1.29, 1.82) is 0 Å². The van der Waals surface area contributed by atoms with Crippen LogP contribution < -0.4 is 20.9 Å². The molecule has 0 spiro atoms. The van der Waals surface area contributed by atoms with E-state index in [-0.39, 0.29) is 23.2 Å². The van der Waals surface area contributed by atoms with Gasteiger partial charge in [0.1, 0.15) is 0 Å². The fraction of sp³-hybridized carbons (Fsp3) is 0.211. The maximum absolute atomic E-state index is 12.9. The van der Waals surface area contributed by atoms with Crippen LogP contribution in [-0.4, -0.2) is 36.8 Å². The van der Waals surface area contributed by atoms with Crippen molar-refractivity contribution in [3.05, 3.63) is 53.1 Å². The maximum atomic E-state index is 12.9. The summed E-state index contributed by atoms with van der Waals surface area (Å²) in [5, 5.41) is 0. The number of ether oxygens (including phenoxy) is 2. The summed E-state index contributed by atoms with van der Waals surface area (Å²) in [4.78, 5) is 38.5. The first kappa shape index (κ1) is 18.2. The predicted octanol–water partition coefficient (Wildman–Crippen LogP) is 1.50. The molecule has 27 heavy (non-hydrogen) atoms. The molecule has 0 fully saturated rings. The van der Waals surface area contributed by atoms with Gasteiger partial charge in [-0.15, -0.1) is 0 Å². The maximum Gasteiger partial charge on any atom is 0.264 e. The third-order valence-electron chi connectivity index (χ3n) is 4.48. The lowest BCUT2D eigenvalue weighted by Gasteiger charge is -2.26. The minimum absolute atomic E-state index is 0.137. The van der Waals surface area contributed by atoms with Crippen LogP contribution in [0.15, 0.2) is 36.4 Å². The number of methoxy groups -OCH3 is 2. The van der Waals surface area contributed by atoms with Gasteiger partial charge in [0, 0.05) is 5.69 Å². The molecule has 2 aromatic rings. The summed E-state index contributed by atoms with van der Waals surface area (Å²) in [6, 6.07) is 8.68. The number of benzene rings is 2. The number of nitrogens with two attached hydrogens (primary N) is 2. The number of fused-ring (bicyclic) bond motifs is 1. The molecule has 8 nitrogen and oxygen atoms in total. The second-order valence-corrected chi connectivity index (χ2v) is 6.05. The number of hydrogen-bond acceptors (Lipinski definition) is 6. The molecule has 0 aliphatic carbocycles. The van der Waals surface area contributed by atoms with Crippen molar-refractivity contribution < 1.29 is 23.9 Å². The molecule has 0 bridgehead atoms. The Kier molecular flexibility index (Phi) is 4.72. The van der Waals surface area contributed by atoms with Crippen LogP contribution in [0, 0.1) is 0 Å². The number of hydrogen-bond donors (Lipinski definition) is 2. The molecule has 1 aliphatic heterocycles. The number of carbonyl (C=O) groups excluding carboxylic acids is 3. The molecule has 0 radical (unpaired) electrons. The Labute approximate surface area is 155 Å². The third kappa shape index (κ3) is 3.05. The van der Waals surface area contributed by atoms with Gasteiger partial charge in [0.25, 0.3) is 11.8 Å². The molecule has 8 heteroatoms. The van der Waals surface area contributed by atoms with Crippen molar-refractivity contribution in [3.8, 4) is 11.5 Å². The van der Waals surface area contributed by atoms with Crippen molar-refractivity contribution in [3.63, 3.8) is 0 Å². The average Bonchev–Trinajstić information content (AvgIpc) is 2.90. The number of primary amides is 1. The molecule has 0 saturated heterocycles. The first-order valence-corrected chi connectivity index (χ1v) is 8.15. The van der Waals surface area contributed by atoms with Crippen LogP contribution in [0.25, 0.3) is 0 Å². The number of imide groups is 1. The lowest BCUT2D eigenvalue weighted by molar-refractivity contribution is -0.118. The zero-order chi connectivity index (χ0) is 19.7. The van der Waals surface area contributed by atoms with Crippen LogP contribution in [-0.2, 0) is 4.79 Å². The van der Waals surface area contributed by atoms with E-state index in [0.29, 0.717) is 17.1 Å². The quantitative estimate of drug-likeness (QED) is 0.587. The number of rotatable bonds is 6. The van der Waals surface area contributed by atoms with Crippen molar-refractivity contribution in [2.75, 3.05) is 20.0 Å². The number of amides is 3. The summed E-state index contributed by atoms with van der Waals surface area (Å²) < 4.78 is 10.5. The minimum Gasteiger partial charge on any atom is -0.493 e. The van der Waals surface area contributed by atoms with Gasteiger partial charge in [-0.3, -0.25) is 19.3 Å². The first-order valence-electron chi connectivity index (χ1n) is 8.15. The molecule has 1 aliphatic rings. The Hall–Kier alpha value is -3.55. The molecule has 3 rings (SSSR count). The number of anilines is 1. The van der Waals surface area contributed by atoms with E-state index < -0.39 is 23.8 Å². The minimum atomic E-state index is -0.894. The lowest BCUT2D eigenvalue weighted by Crippen LogP contribution is -2.36. The van der Waals surface area contributed by atoms with Gasteiger partial charge >= 0.3 is 0 Å². The van der Waals surface area contributed by atoms with E-state index in [0.717, 1.165) is 4.90 Å². The van der Waals surface area contributed by atoms with Gasteiger partial charge in [0.15, 0.2) is 11.5 Å². The molecule has 0 saturated carbocycles. The first-order chi connectivity index (χ1) is 12.9. The standard InChI is InChI=1S/C19H19N3O5/c1-26-14-7-6-10(8-15(14)27-2)13(9-16(21)23)22-18(24)11-4-3-5-12(20)17(11)19(22)25/h3-8,13H,9,20H2,1-2H3,(H2,21,23). The van der Waals surface area contributed by atoms with Gasteiger partial charge in [-0.25, -0.2) is 0 Å². The van der Waals surface area contributed by atoms with Gasteiger partial charge in [-0.2, -0.15) is 0 Å². The number of nitrogens with zero attached hydrogens (tertiary/aromatic N) is 1. The Morgan fingerprint density at radius 3 is 2.37 bits per heavy atom. The second-order valence-electron chi connectivity index (χ2n) is 6.05. The predicted molar refractivity (Wildman–Crippen MR) is 97.5 cm³/mol. The largest absolute Gasteiger partial charge is 0.493 e. The summed E-state index contributed by atoms with van der Waals surface area (Å²) >= 11 is 0. The average molecular weight is 369 g/mol. The normalized spacial score (nSPS) is 14.1. The lowest BCUT2D eigenvalue weighted by atomic mass is 10.0. The zero-order valence-electron chi connectivity index (χ0n) is 14.9. The molecular weight excluding hydrogens is 350 g/mol. The van der Waals surface area contributed by atoms with E-state index in [1.807, 2.05) is 0 Å². The van der Waals surface area contributed by atoms with E-state index in [1.54, 1.807) is 30.3 Å².